The molecule has 0 fully saturated rings. The van der Waals surface area contributed by atoms with Crippen molar-refractivity contribution in [3.63, 3.8) is 0 Å². The van der Waals surface area contributed by atoms with Crippen LogP contribution in [0, 0.1) is 3.57 Å². The number of hydrogen-bond donors (Lipinski definition) is 0. The highest BCUT2D eigenvalue weighted by Gasteiger charge is 2.08. The Bertz CT molecular complexity index is 376. The zero-order valence-electron chi connectivity index (χ0n) is 8.98. The first-order chi connectivity index (χ1) is 7.61. The minimum Gasteiger partial charge on any atom is -0.466 e. The lowest BCUT2D eigenvalue weighted by Crippen LogP contribution is -2.13. The maximum absolute atomic E-state index is 11.5. The summed E-state index contributed by atoms with van der Waals surface area (Å²) < 4.78 is 7.28. The summed E-state index contributed by atoms with van der Waals surface area (Å²) >= 11 is 2.12. The van der Waals surface area contributed by atoms with E-state index in [1.807, 2.05) is 0 Å². The quantitative estimate of drug-likeness (QED) is 0.582. The van der Waals surface area contributed by atoms with Gasteiger partial charge in [-0.2, -0.15) is 5.10 Å². The van der Waals surface area contributed by atoms with Crippen LogP contribution in [0.5, 0.6) is 0 Å². The van der Waals surface area contributed by atoms with Gasteiger partial charge in [0.15, 0.2) is 5.78 Å². The molecule has 0 saturated carbocycles. The Balaban J connectivity index is 2.28. The van der Waals surface area contributed by atoms with Gasteiger partial charge in [0.1, 0.15) is 0 Å². The molecule has 1 heterocycles. The molecule has 0 unspecified atom stereocenters. The number of ether oxygens (including phenoxy) is 1. The Labute approximate surface area is 107 Å². The molecule has 0 N–H and O–H groups in total. The monoisotopic (exact) mass is 336 g/mol. The average molecular weight is 336 g/mol. The Morgan fingerprint density at radius 1 is 1.50 bits per heavy atom. The van der Waals surface area contributed by atoms with E-state index in [0.717, 1.165) is 3.57 Å². The minimum absolute atomic E-state index is 0.0208. The third-order valence-electron chi connectivity index (χ3n) is 1.85. The molecule has 0 aliphatic heterocycles. The Kier molecular flexibility index (Phi) is 5.44. The van der Waals surface area contributed by atoms with Crippen molar-refractivity contribution in [2.45, 2.75) is 26.3 Å². The van der Waals surface area contributed by atoms with Crippen molar-refractivity contribution in [3.05, 3.63) is 16.0 Å². The van der Waals surface area contributed by atoms with Crippen LogP contribution >= 0.6 is 22.6 Å². The second kappa shape index (κ2) is 6.62. The molecule has 0 aliphatic carbocycles. The van der Waals surface area contributed by atoms with Gasteiger partial charge in [0.2, 0.25) is 0 Å². The summed E-state index contributed by atoms with van der Waals surface area (Å²) in [5.74, 6) is -0.349. The molecule has 1 rings (SSSR count). The lowest BCUT2D eigenvalue weighted by atomic mass is 10.2. The Morgan fingerprint density at radius 2 is 2.25 bits per heavy atom. The molecule has 0 aliphatic rings. The smallest absolute Gasteiger partial charge is 0.306 e. The van der Waals surface area contributed by atoms with E-state index in [9.17, 15) is 9.59 Å². The molecular formula is C10H13IN2O3. The molecule has 0 aromatic carbocycles. The number of esters is 1. The van der Waals surface area contributed by atoms with Crippen LogP contribution in [0.2, 0.25) is 0 Å². The molecule has 0 spiro atoms. The fourth-order valence-electron chi connectivity index (χ4n) is 1.16. The molecule has 1 aromatic heterocycles. The fourth-order valence-corrected chi connectivity index (χ4v) is 1.61. The molecular weight excluding hydrogens is 323 g/mol. The summed E-state index contributed by atoms with van der Waals surface area (Å²) in [6, 6.07) is 0. The summed E-state index contributed by atoms with van der Waals surface area (Å²) in [6.45, 7) is 2.30. The Morgan fingerprint density at radius 3 is 2.81 bits per heavy atom. The highest BCUT2D eigenvalue weighted by Crippen LogP contribution is 2.02. The third kappa shape index (κ3) is 4.73. The lowest BCUT2D eigenvalue weighted by Gasteiger charge is -2.01. The van der Waals surface area contributed by atoms with Crippen LogP contribution < -0.4 is 0 Å². The van der Waals surface area contributed by atoms with Gasteiger partial charge in [-0.25, -0.2) is 0 Å². The van der Waals surface area contributed by atoms with Gasteiger partial charge in [0.05, 0.1) is 29.3 Å². The number of aromatic nitrogens is 2. The summed E-state index contributed by atoms with van der Waals surface area (Å²) in [5.41, 5.74) is 0. The number of hydrogen-bond acceptors (Lipinski definition) is 4. The maximum atomic E-state index is 11.5. The molecule has 0 saturated heterocycles. The zero-order valence-corrected chi connectivity index (χ0v) is 11.1. The molecule has 5 nitrogen and oxygen atoms in total. The number of Topliss-reactive ketones (excluding diaryl/α,β-unsaturated/α-hetero) is 1. The molecule has 6 heteroatoms. The van der Waals surface area contributed by atoms with Crippen LogP contribution in [0.1, 0.15) is 19.8 Å². The van der Waals surface area contributed by atoms with Crippen LogP contribution in [0.15, 0.2) is 12.4 Å². The standard InChI is InChI=1S/C10H13IN2O3/c1-2-16-10(15)4-3-9(14)7-13-6-8(11)5-12-13/h5-6H,2-4,7H2,1H3. The molecule has 1 aromatic rings. The fraction of sp³-hybridized carbons (Fsp3) is 0.500. The van der Waals surface area contributed by atoms with Gasteiger partial charge in [-0.15, -0.1) is 0 Å². The number of rotatable bonds is 6. The predicted molar refractivity (Wildman–Crippen MR) is 65.8 cm³/mol. The number of carbonyl (C=O) groups is 2. The summed E-state index contributed by atoms with van der Waals surface area (Å²) in [7, 11) is 0. The lowest BCUT2D eigenvalue weighted by molar-refractivity contribution is -0.144. The van der Waals surface area contributed by atoms with Crippen molar-refractivity contribution >= 4 is 34.3 Å². The van der Waals surface area contributed by atoms with Crippen LogP contribution in [0.3, 0.4) is 0 Å². The van der Waals surface area contributed by atoms with E-state index in [4.69, 9.17) is 4.74 Å². The van der Waals surface area contributed by atoms with Crippen LogP contribution in [0.25, 0.3) is 0 Å². The maximum Gasteiger partial charge on any atom is 0.306 e. The van der Waals surface area contributed by atoms with Crippen LogP contribution in [-0.4, -0.2) is 28.1 Å². The van der Waals surface area contributed by atoms with Gasteiger partial charge >= 0.3 is 5.97 Å². The van der Waals surface area contributed by atoms with E-state index >= 15 is 0 Å². The van der Waals surface area contributed by atoms with Crippen molar-refractivity contribution in [2.75, 3.05) is 6.61 Å². The van der Waals surface area contributed by atoms with Crippen molar-refractivity contribution in [2.24, 2.45) is 0 Å². The summed E-state index contributed by atoms with van der Waals surface area (Å²) in [4.78, 5) is 22.5. The SMILES string of the molecule is CCOC(=O)CCC(=O)Cn1cc(I)cn1. The molecule has 16 heavy (non-hydrogen) atoms. The number of halogens is 1. The van der Waals surface area contributed by atoms with E-state index in [1.54, 1.807) is 24.0 Å². The first-order valence-electron chi connectivity index (χ1n) is 4.97. The topological polar surface area (TPSA) is 61.2 Å². The van der Waals surface area contributed by atoms with Crippen molar-refractivity contribution in [3.8, 4) is 0 Å². The second-order valence-corrected chi connectivity index (χ2v) is 4.45. The van der Waals surface area contributed by atoms with Crippen molar-refractivity contribution in [1.29, 1.82) is 0 Å². The van der Waals surface area contributed by atoms with E-state index in [1.165, 1.54) is 0 Å². The molecule has 88 valence electrons. The van der Waals surface area contributed by atoms with Crippen LogP contribution in [0.4, 0.5) is 0 Å². The summed E-state index contributed by atoms with van der Waals surface area (Å²) in [6.07, 6.45) is 3.81. The summed E-state index contributed by atoms with van der Waals surface area (Å²) in [5, 5.41) is 3.99. The van der Waals surface area contributed by atoms with Gasteiger partial charge in [-0.1, -0.05) is 0 Å². The molecule has 0 bridgehead atoms. The molecule has 0 amide bonds. The highest BCUT2D eigenvalue weighted by atomic mass is 127. The largest absolute Gasteiger partial charge is 0.466 e. The van der Waals surface area contributed by atoms with Crippen molar-refractivity contribution in [1.82, 2.24) is 9.78 Å². The first kappa shape index (κ1) is 13.1. The van der Waals surface area contributed by atoms with E-state index in [0.29, 0.717) is 6.61 Å². The second-order valence-electron chi connectivity index (χ2n) is 3.20. The highest BCUT2D eigenvalue weighted by molar-refractivity contribution is 14.1. The van der Waals surface area contributed by atoms with Gasteiger partial charge < -0.3 is 4.74 Å². The van der Waals surface area contributed by atoms with Crippen LogP contribution in [-0.2, 0) is 20.9 Å². The minimum atomic E-state index is -0.328. The van der Waals surface area contributed by atoms with Gasteiger partial charge in [-0.3, -0.25) is 14.3 Å². The zero-order chi connectivity index (χ0) is 12.0. The van der Waals surface area contributed by atoms with E-state index < -0.39 is 0 Å². The first-order valence-corrected chi connectivity index (χ1v) is 6.05. The predicted octanol–water partition coefficient (Wildman–Crippen LogP) is 1.40. The normalized spacial score (nSPS) is 10.1. The van der Waals surface area contributed by atoms with Crippen molar-refractivity contribution < 1.29 is 14.3 Å². The third-order valence-corrected chi connectivity index (χ3v) is 2.41. The molecule has 0 atom stereocenters. The van der Waals surface area contributed by atoms with Gasteiger partial charge in [-0.05, 0) is 29.5 Å². The van der Waals surface area contributed by atoms with Gasteiger partial charge in [0.25, 0.3) is 0 Å². The molecule has 0 radical (unpaired) electrons. The Hall–Kier alpha value is -0.920. The average Bonchev–Trinajstić information content (AvgIpc) is 2.61. The number of nitrogens with zero attached hydrogens (tertiary/aromatic N) is 2. The van der Waals surface area contributed by atoms with E-state index in [-0.39, 0.29) is 31.1 Å². The number of ketones is 1. The van der Waals surface area contributed by atoms with Gasteiger partial charge in [0, 0.05) is 12.6 Å². The van der Waals surface area contributed by atoms with E-state index in [2.05, 4.69) is 27.7 Å². The number of carbonyl (C=O) groups excluding carboxylic acids is 2.